The Labute approximate surface area is 181 Å². The van der Waals surface area contributed by atoms with Crippen LogP contribution < -0.4 is 10.6 Å². The van der Waals surface area contributed by atoms with Crippen LogP contribution in [0.4, 0.5) is 5.69 Å². The lowest BCUT2D eigenvalue weighted by Gasteiger charge is -2.21. The molecule has 6 nitrogen and oxygen atoms in total. The maximum atomic E-state index is 12.9. The van der Waals surface area contributed by atoms with Crippen molar-refractivity contribution in [3.8, 4) is 0 Å². The van der Waals surface area contributed by atoms with Gasteiger partial charge in [-0.05, 0) is 38.1 Å². The molecule has 3 aromatic carbocycles. The Morgan fingerprint density at radius 2 is 1.39 bits per heavy atom. The van der Waals surface area contributed by atoms with Crippen molar-refractivity contribution in [3.05, 3.63) is 102 Å². The first-order chi connectivity index (χ1) is 14.9. The molecular formula is C25H24N2O4. The standard InChI is InChI=1S/C25H24N2O4/c1-17-13-15-21(16-14-17)27-24(29)22(19-9-5-3-6-10-19)31-25(30)18(2)26-23(28)20-11-7-4-8-12-20/h3-16,18,22H,1-2H3,(H,26,28)(H,27,29)/t18-,22-/m0/s1. The van der Waals surface area contributed by atoms with Crippen molar-refractivity contribution in [2.24, 2.45) is 0 Å². The minimum absolute atomic E-state index is 0.398. The van der Waals surface area contributed by atoms with Crippen molar-refractivity contribution in [2.45, 2.75) is 26.0 Å². The van der Waals surface area contributed by atoms with Crippen LogP contribution in [0.2, 0.25) is 0 Å². The first-order valence-corrected chi connectivity index (χ1v) is 9.93. The van der Waals surface area contributed by atoms with Crippen molar-refractivity contribution in [2.75, 3.05) is 5.32 Å². The molecule has 6 heteroatoms. The van der Waals surface area contributed by atoms with E-state index in [0.717, 1.165) is 5.56 Å². The van der Waals surface area contributed by atoms with Gasteiger partial charge in [-0.15, -0.1) is 0 Å². The van der Waals surface area contributed by atoms with Gasteiger partial charge in [0.05, 0.1) is 0 Å². The Bertz CT molecular complexity index is 1030. The average molecular weight is 416 g/mol. The van der Waals surface area contributed by atoms with Gasteiger partial charge in [0.1, 0.15) is 6.04 Å². The highest BCUT2D eigenvalue weighted by molar-refractivity contribution is 5.98. The minimum atomic E-state index is -1.16. The third kappa shape index (κ3) is 6.02. The summed E-state index contributed by atoms with van der Waals surface area (Å²) in [5.74, 6) is -1.59. The van der Waals surface area contributed by atoms with E-state index < -0.39 is 29.9 Å². The summed E-state index contributed by atoms with van der Waals surface area (Å²) < 4.78 is 5.53. The molecule has 0 spiro atoms. The normalized spacial score (nSPS) is 12.3. The first kappa shape index (κ1) is 21.8. The van der Waals surface area contributed by atoms with Crippen LogP contribution in [0, 0.1) is 6.92 Å². The van der Waals surface area contributed by atoms with Crippen LogP contribution in [-0.2, 0) is 14.3 Å². The number of carbonyl (C=O) groups is 3. The number of aryl methyl sites for hydroxylation is 1. The summed E-state index contributed by atoms with van der Waals surface area (Å²) in [4.78, 5) is 37.9. The monoisotopic (exact) mass is 416 g/mol. The van der Waals surface area contributed by atoms with Crippen molar-refractivity contribution in [3.63, 3.8) is 0 Å². The topological polar surface area (TPSA) is 84.5 Å². The van der Waals surface area contributed by atoms with Gasteiger partial charge in [-0.3, -0.25) is 9.59 Å². The summed E-state index contributed by atoms with van der Waals surface area (Å²) in [6.07, 6.45) is -1.16. The molecule has 0 aromatic heterocycles. The van der Waals surface area contributed by atoms with Crippen LogP contribution in [0.1, 0.15) is 34.5 Å². The fraction of sp³-hybridized carbons (Fsp3) is 0.160. The maximum Gasteiger partial charge on any atom is 0.329 e. The third-order valence-electron chi connectivity index (χ3n) is 4.63. The van der Waals surface area contributed by atoms with Crippen LogP contribution >= 0.6 is 0 Å². The van der Waals surface area contributed by atoms with E-state index in [1.54, 1.807) is 66.7 Å². The first-order valence-electron chi connectivity index (χ1n) is 9.93. The predicted molar refractivity (Wildman–Crippen MR) is 118 cm³/mol. The van der Waals surface area contributed by atoms with E-state index in [4.69, 9.17) is 4.74 Å². The molecule has 0 saturated heterocycles. The van der Waals surface area contributed by atoms with Gasteiger partial charge in [-0.2, -0.15) is 0 Å². The lowest BCUT2D eigenvalue weighted by Crippen LogP contribution is -2.41. The number of amides is 2. The molecule has 0 radical (unpaired) electrons. The number of rotatable bonds is 7. The number of nitrogens with one attached hydrogen (secondary N) is 2. The molecule has 0 unspecified atom stereocenters. The van der Waals surface area contributed by atoms with Crippen LogP contribution in [0.15, 0.2) is 84.9 Å². The third-order valence-corrected chi connectivity index (χ3v) is 4.63. The van der Waals surface area contributed by atoms with Gasteiger partial charge in [0.25, 0.3) is 11.8 Å². The number of esters is 1. The summed E-state index contributed by atoms with van der Waals surface area (Å²) in [5.41, 5.74) is 2.62. The maximum absolute atomic E-state index is 12.9. The van der Waals surface area contributed by atoms with E-state index in [9.17, 15) is 14.4 Å². The van der Waals surface area contributed by atoms with Gasteiger partial charge in [0, 0.05) is 16.8 Å². The lowest BCUT2D eigenvalue weighted by atomic mass is 10.1. The van der Waals surface area contributed by atoms with E-state index in [0.29, 0.717) is 16.8 Å². The number of ether oxygens (including phenoxy) is 1. The van der Waals surface area contributed by atoms with Gasteiger partial charge in [0.2, 0.25) is 6.10 Å². The molecule has 2 atom stereocenters. The molecule has 2 N–H and O–H groups in total. The molecule has 31 heavy (non-hydrogen) atoms. The van der Waals surface area contributed by atoms with Crippen molar-refractivity contribution >= 4 is 23.5 Å². The summed E-state index contributed by atoms with van der Waals surface area (Å²) in [5, 5.41) is 5.38. The Balaban J connectivity index is 1.72. The molecular weight excluding hydrogens is 392 g/mol. The fourth-order valence-electron chi connectivity index (χ4n) is 2.89. The van der Waals surface area contributed by atoms with Gasteiger partial charge < -0.3 is 15.4 Å². The zero-order valence-electron chi connectivity index (χ0n) is 17.4. The lowest BCUT2D eigenvalue weighted by molar-refractivity contribution is -0.156. The Morgan fingerprint density at radius 3 is 2.00 bits per heavy atom. The summed E-state index contributed by atoms with van der Waals surface area (Å²) in [6, 6.07) is 23.7. The fourth-order valence-corrected chi connectivity index (χ4v) is 2.89. The highest BCUT2D eigenvalue weighted by Crippen LogP contribution is 2.21. The molecule has 3 aromatic rings. The zero-order chi connectivity index (χ0) is 22.2. The highest BCUT2D eigenvalue weighted by Gasteiger charge is 2.28. The molecule has 0 bridgehead atoms. The van der Waals surface area contributed by atoms with E-state index in [1.165, 1.54) is 6.92 Å². The smallest absolute Gasteiger partial charge is 0.329 e. The molecule has 0 aliphatic carbocycles. The second-order valence-electron chi connectivity index (χ2n) is 7.14. The van der Waals surface area contributed by atoms with Crippen LogP contribution in [0.3, 0.4) is 0 Å². The summed E-state index contributed by atoms with van der Waals surface area (Å²) >= 11 is 0. The Hall–Kier alpha value is -3.93. The number of hydrogen-bond acceptors (Lipinski definition) is 4. The molecule has 0 heterocycles. The number of carbonyl (C=O) groups excluding carboxylic acids is 3. The van der Waals surface area contributed by atoms with E-state index in [-0.39, 0.29) is 0 Å². The summed E-state index contributed by atoms with van der Waals surface area (Å²) in [6.45, 7) is 3.47. The number of anilines is 1. The van der Waals surface area contributed by atoms with Gasteiger partial charge in [-0.25, -0.2) is 4.79 Å². The Kier molecular flexibility index (Phi) is 7.17. The second-order valence-corrected chi connectivity index (χ2v) is 7.14. The van der Waals surface area contributed by atoms with Crippen molar-refractivity contribution in [1.29, 1.82) is 0 Å². The zero-order valence-corrected chi connectivity index (χ0v) is 17.4. The summed E-state index contributed by atoms with van der Waals surface area (Å²) in [7, 11) is 0. The van der Waals surface area contributed by atoms with Crippen LogP contribution in [0.5, 0.6) is 0 Å². The van der Waals surface area contributed by atoms with E-state index in [1.807, 2.05) is 25.1 Å². The Morgan fingerprint density at radius 1 is 0.806 bits per heavy atom. The van der Waals surface area contributed by atoms with E-state index in [2.05, 4.69) is 10.6 Å². The number of hydrogen-bond donors (Lipinski definition) is 2. The molecule has 0 aliphatic rings. The molecule has 0 aliphatic heterocycles. The van der Waals surface area contributed by atoms with Gasteiger partial charge >= 0.3 is 5.97 Å². The van der Waals surface area contributed by atoms with Gasteiger partial charge in [-0.1, -0.05) is 66.2 Å². The van der Waals surface area contributed by atoms with Crippen molar-refractivity contribution < 1.29 is 19.1 Å². The second kappa shape index (κ2) is 10.2. The van der Waals surface area contributed by atoms with Crippen LogP contribution in [-0.4, -0.2) is 23.8 Å². The highest BCUT2D eigenvalue weighted by atomic mass is 16.5. The average Bonchev–Trinajstić information content (AvgIpc) is 2.79. The molecule has 2 amide bonds. The van der Waals surface area contributed by atoms with Crippen molar-refractivity contribution in [1.82, 2.24) is 5.32 Å². The SMILES string of the molecule is Cc1ccc(NC(=O)[C@@H](OC(=O)[C@H](C)NC(=O)c2ccccc2)c2ccccc2)cc1. The molecule has 0 fully saturated rings. The quantitative estimate of drug-likeness (QED) is 0.570. The van der Waals surface area contributed by atoms with E-state index >= 15 is 0 Å². The molecule has 158 valence electrons. The van der Waals surface area contributed by atoms with Gasteiger partial charge in [0.15, 0.2) is 0 Å². The largest absolute Gasteiger partial charge is 0.446 e. The van der Waals surface area contributed by atoms with Crippen LogP contribution in [0.25, 0.3) is 0 Å². The molecule has 0 saturated carbocycles. The predicted octanol–water partition coefficient (Wildman–Crippen LogP) is 4.04. The molecule has 3 rings (SSSR count). The minimum Gasteiger partial charge on any atom is -0.446 e. The number of benzene rings is 3.